The molecule has 78 valence electrons. The normalized spacial score (nSPS) is 10.3. The van der Waals surface area contributed by atoms with Crippen LogP contribution in [0.25, 0.3) is 11.4 Å². The lowest BCUT2D eigenvalue weighted by Gasteiger charge is -1.97. The molecule has 0 aromatic carbocycles. The van der Waals surface area contributed by atoms with E-state index in [-0.39, 0.29) is 0 Å². The third-order valence-electron chi connectivity index (χ3n) is 1.93. The fraction of sp³-hybridized carbons (Fsp3) is 0.222. The number of aromatic nitrogens is 2. The number of hydrogen-bond donors (Lipinski definition) is 0. The van der Waals surface area contributed by atoms with E-state index >= 15 is 0 Å². The van der Waals surface area contributed by atoms with Crippen LogP contribution >= 0.6 is 11.3 Å². The quantitative estimate of drug-likeness (QED) is 0.729. The molecule has 0 aliphatic heterocycles. The molecule has 5 nitrogen and oxygen atoms in total. The van der Waals surface area contributed by atoms with Gasteiger partial charge in [0.15, 0.2) is 0 Å². The Morgan fingerprint density at radius 3 is 3.00 bits per heavy atom. The first-order valence-corrected chi connectivity index (χ1v) is 5.11. The van der Waals surface area contributed by atoms with E-state index in [9.17, 15) is 4.79 Å². The fourth-order valence-corrected chi connectivity index (χ4v) is 1.76. The first-order valence-electron chi connectivity index (χ1n) is 4.17. The number of esters is 1. The van der Waals surface area contributed by atoms with Crippen molar-refractivity contribution >= 4 is 17.3 Å². The van der Waals surface area contributed by atoms with Gasteiger partial charge in [-0.3, -0.25) is 0 Å². The summed E-state index contributed by atoms with van der Waals surface area (Å²) in [4.78, 5) is 15.5. The average molecular weight is 224 g/mol. The standard InChI is InChI=1S/C9H8N2O3S/c1-5-7(9(12)13-2)8(11-14-5)6-3-15-4-10-6/h3-4H,1-2H3. The lowest BCUT2D eigenvalue weighted by molar-refractivity contribution is 0.0599. The van der Waals surface area contributed by atoms with Gasteiger partial charge < -0.3 is 9.26 Å². The highest BCUT2D eigenvalue weighted by Gasteiger charge is 2.22. The van der Waals surface area contributed by atoms with Gasteiger partial charge in [0.05, 0.1) is 12.6 Å². The highest BCUT2D eigenvalue weighted by atomic mass is 32.1. The molecule has 2 aromatic rings. The summed E-state index contributed by atoms with van der Waals surface area (Å²) in [6, 6.07) is 0. The van der Waals surface area contributed by atoms with Crippen LogP contribution in [-0.4, -0.2) is 23.2 Å². The molecule has 0 radical (unpaired) electrons. The Hall–Kier alpha value is -1.69. The van der Waals surface area contributed by atoms with Gasteiger partial charge in [-0.25, -0.2) is 9.78 Å². The highest BCUT2D eigenvalue weighted by molar-refractivity contribution is 7.07. The summed E-state index contributed by atoms with van der Waals surface area (Å²) >= 11 is 1.43. The topological polar surface area (TPSA) is 65.2 Å². The summed E-state index contributed by atoms with van der Waals surface area (Å²) in [6.45, 7) is 1.66. The second kappa shape index (κ2) is 3.82. The van der Waals surface area contributed by atoms with Crippen LogP contribution in [0.4, 0.5) is 0 Å². The molecular weight excluding hydrogens is 216 g/mol. The second-order valence-corrected chi connectivity index (χ2v) is 3.55. The summed E-state index contributed by atoms with van der Waals surface area (Å²) in [7, 11) is 1.32. The monoisotopic (exact) mass is 224 g/mol. The van der Waals surface area contributed by atoms with Crippen molar-refractivity contribution in [1.29, 1.82) is 0 Å². The van der Waals surface area contributed by atoms with Crippen LogP contribution in [0, 0.1) is 6.92 Å². The van der Waals surface area contributed by atoms with Gasteiger partial charge in [0.25, 0.3) is 0 Å². The predicted molar refractivity (Wildman–Crippen MR) is 53.7 cm³/mol. The van der Waals surface area contributed by atoms with Crippen molar-refractivity contribution < 1.29 is 14.1 Å². The molecule has 15 heavy (non-hydrogen) atoms. The molecule has 0 aliphatic carbocycles. The molecule has 0 amide bonds. The third kappa shape index (κ3) is 1.63. The van der Waals surface area contributed by atoms with Crippen molar-refractivity contribution in [3.8, 4) is 11.4 Å². The van der Waals surface area contributed by atoms with E-state index in [0.29, 0.717) is 22.7 Å². The molecule has 0 bridgehead atoms. The summed E-state index contributed by atoms with van der Waals surface area (Å²) < 4.78 is 9.61. The number of rotatable bonds is 2. The molecule has 2 aromatic heterocycles. The molecule has 6 heteroatoms. The Balaban J connectivity index is 2.54. The molecule has 2 heterocycles. The second-order valence-electron chi connectivity index (χ2n) is 2.83. The number of aryl methyl sites for hydroxylation is 1. The Bertz CT molecular complexity index is 476. The number of thiazole rings is 1. The number of carbonyl (C=O) groups excluding carboxylic acids is 1. The maximum Gasteiger partial charge on any atom is 0.343 e. The first kappa shape index (κ1) is 9.85. The SMILES string of the molecule is COC(=O)c1c(-c2cscn2)noc1C. The van der Waals surface area contributed by atoms with E-state index in [4.69, 9.17) is 4.52 Å². The molecule has 0 saturated heterocycles. The minimum Gasteiger partial charge on any atom is -0.465 e. The van der Waals surface area contributed by atoms with Gasteiger partial charge in [-0.05, 0) is 6.92 Å². The van der Waals surface area contributed by atoms with Crippen molar-refractivity contribution in [2.75, 3.05) is 7.11 Å². The zero-order valence-electron chi connectivity index (χ0n) is 8.18. The predicted octanol–water partition coefficient (Wildman–Crippen LogP) is 1.89. The molecule has 0 atom stereocenters. The largest absolute Gasteiger partial charge is 0.465 e. The van der Waals surface area contributed by atoms with Crippen molar-refractivity contribution in [3.05, 3.63) is 22.2 Å². The summed E-state index contributed by atoms with van der Waals surface area (Å²) in [5.41, 5.74) is 3.06. The Morgan fingerprint density at radius 1 is 1.60 bits per heavy atom. The molecule has 0 spiro atoms. The molecule has 2 rings (SSSR count). The van der Waals surface area contributed by atoms with Gasteiger partial charge in [-0.15, -0.1) is 11.3 Å². The van der Waals surface area contributed by atoms with Gasteiger partial charge in [-0.2, -0.15) is 0 Å². The number of methoxy groups -OCH3 is 1. The Morgan fingerprint density at radius 2 is 2.40 bits per heavy atom. The van der Waals surface area contributed by atoms with Crippen LogP contribution in [0.2, 0.25) is 0 Å². The minimum absolute atomic E-state index is 0.336. The van der Waals surface area contributed by atoms with E-state index < -0.39 is 5.97 Å². The van der Waals surface area contributed by atoms with Crippen molar-refractivity contribution in [2.24, 2.45) is 0 Å². The van der Waals surface area contributed by atoms with Gasteiger partial charge in [0, 0.05) is 5.38 Å². The van der Waals surface area contributed by atoms with Gasteiger partial charge in [0.2, 0.25) is 0 Å². The zero-order valence-corrected chi connectivity index (χ0v) is 9.00. The fourth-order valence-electron chi connectivity index (χ4n) is 1.22. The molecule has 0 aliphatic rings. The van der Waals surface area contributed by atoms with Crippen LogP contribution in [0.3, 0.4) is 0 Å². The summed E-state index contributed by atoms with van der Waals surface area (Å²) in [5, 5.41) is 5.59. The summed E-state index contributed by atoms with van der Waals surface area (Å²) in [6.07, 6.45) is 0. The van der Waals surface area contributed by atoms with Gasteiger partial charge in [0.1, 0.15) is 22.7 Å². The average Bonchev–Trinajstić information content (AvgIpc) is 2.85. The van der Waals surface area contributed by atoms with Crippen LogP contribution < -0.4 is 0 Å². The van der Waals surface area contributed by atoms with Gasteiger partial charge >= 0.3 is 5.97 Å². The van der Waals surface area contributed by atoms with E-state index in [1.807, 2.05) is 0 Å². The maximum absolute atomic E-state index is 11.5. The lowest BCUT2D eigenvalue weighted by atomic mass is 10.1. The van der Waals surface area contributed by atoms with Crippen molar-refractivity contribution in [2.45, 2.75) is 6.92 Å². The van der Waals surface area contributed by atoms with E-state index in [2.05, 4.69) is 14.9 Å². The van der Waals surface area contributed by atoms with Crippen LogP contribution in [0.5, 0.6) is 0 Å². The summed E-state index contributed by atoms with van der Waals surface area (Å²) in [5.74, 6) is -0.0263. The number of nitrogens with zero attached hydrogens (tertiary/aromatic N) is 2. The van der Waals surface area contributed by atoms with E-state index in [1.54, 1.807) is 17.8 Å². The molecule has 0 unspecified atom stereocenters. The number of hydrogen-bond acceptors (Lipinski definition) is 6. The van der Waals surface area contributed by atoms with Crippen molar-refractivity contribution in [3.63, 3.8) is 0 Å². The molecule has 0 N–H and O–H groups in total. The Kier molecular flexibility index (Phi) is 2.51. The van der Waals surface area contributed by atoms with Gasteiger partial charge in [-0.1, -0.05) is 5.16 Å². The smallest absolute Gasteiger partial charge is 0.343 e. The van der Waals surface area contributed by atoms with Crippen LogP contribution in [0.15, 0.2) is 15.4 Å². The van der Waals surface area contributed by atoms with E-state index in [0.717, 1.165) is 0 Å². The third-order valence-corrected chi connectivity index (χ3v) is 2.51. The van der Waals surface area contributed by atoms with Crippen LogP contribution in [-0.2, 0) is 4.74 Å². The number of ether oxygens (including phenoxy) is 1. The number of carbonyl (C=O) groups is 1. The molecule has 0 fully saturated rings. The zero-order chi connectivity index (χ0) is 10.8. The van der Waals surface area contributed by atoms with E-state index in [1.165, 1.54) is 18.4 Å². The van der Waals surface area contributed by atoms with Crippen LogP contribution in [0.1, 0.15) is 16.1 Å². The lowest BCUT2D eigenvalue weighted by Crippen LogP contribution is -2.03. The first-order chi connectivity index (χ1) is 7.24. The molecular formula is C9H8N2O3S. The highest BCUT2D eigenvalue weighted by Crippen LogP contribution is 2.25. The minimum atomic E-state index is -0.461. The molecule has 0 saturated carbocycles. The maximum atomic E-state index is 11.5. The van der Waals surface area contributed by atoms with Crippen molar-refractivity contribution in [1.82, 2.24) is 10.1 Å². The Labute approximate surface area is 89.7 Å².